The van der Waals surface area contributed by atoms with Crippen LogP contribution < -0.4 is 0 Å². The maximum Gasteiger partial charge on any atom is 0.305 e. The molecule has 0 fully saturated rings. The van der Waals surface area contributed by atoms with Crippen LogP contribution in [0.15, 0.2) is 48.6 Å². The van der Waals surface area contributed by atoms with E-state index >= 15 is 0 Å². The molecule has 6 heteroatoms. The zero-order valence-corrected chi connectivity index (χ0v) is 27.6. The molecule has 248 valence electrons. The summed E-state index contributed by atoms with van der Waals surface area (Å²) in [5, 5.41) is 19.8. The van der Waals surface area contributed by atoms with Gasteiger partial charge in [0, 0.05) is 12.8 Å². The lowest BCUT2D eigenvalue weighted by molar-refractivity contribution is -0.152. The number of aliphatic hydroxyl groups excluding tert-OH is 2. The molecular weight excluding hydrogens is 540 g/mol. The second-order valence-corrected chi connectivity index (χ2v) is 11.5. The summed E-state index contributed by atoms with van der Waals surface area (Å²) < 4.78 is 10.2. The molecule has 0 amide bonds. The van der Waals surface area contributed by atoms with E-state index in [1.165, 1.54) is 57.8 Å². The monoisotopic (exact) mass is 604 g/mol. The van der Waals surface area contributed by atoms with Gasteiger partial charge in [0.25, 0.3) is 0 Å². The van der Waals surface area contributed by atoms with E-state index in [-0.39, 0.29) is 37.7 Å². The zero-order valence-electron chi connectivity index (χ0n) is 27.6. The van der Waals surface area contributed by atoms with Gasteiger partial charge in [-0.25, -0.2) is 0 Å². The molecule has 0 aliphatic carbocycles. The van der Waals surface area contributed by atoms with Crippen molar-refractivity contribution in [1.82, 2.24) is 0 Å². The SMILES string of the molecule is CCCCCCCCCCCCCC(=O)OC[C@H](O)COC(=O)CCC/C=C\C/C=C\C/C=C\C=C\[C@H](O)CCCCC. The van der Waals surface area contributed by atoms with Crippen LogP contribution in [0.1, 0.15) is 149 Å². The molecule has 0 bridgehead atoms. The largest absolute Gasteiger partial charge is 0.463 e. The number of allylic oxidation sites excluding steroid dienone is 7. The summed E-state index contributed by atoms with van der Waals surface area (Å²) in [5.74, 6) is -0.658. The van der Waals surface area contributed by atoms with E-state index in [2.05, 4.69) is 44.2 Å². The molecule has 0 heterocycles. The fraction of sp³-hybridized carbons (Fsp3) is 0.730. The Kier molecular flexibility index (Phi) is 31.1. The maximum absolute atomic E-state index is 11.9. The number of ether oxygens (including phenoxy) is 2. The molecule has 0 unspecified atom stereocenters. The molecule has 0 spiro atoms. The van der Waals surface area contributed by atoms with Gasteiger partial charge in [-0.1, -0.05) is 146 Å². The fourth-order valence-corrected chi connectivity index (χ4v) is 4.48. The summed E-state index contributed by atoms with van der Waals surface area (Å²) >= 11 is 0. The van der Waals surface area contributed by atoms with E-state index in [0.29, 0.717) is 12.8 Å². The highest BCUT2D eigenvalue weighted by Gasteiger charge is 2.12. The molecule has 0 aromatic carbocycles. The first-order valence-electron chi connectivity index (χ1n) is 17.3. The number of esters is 2. The van der Waals surface area contributed by atoms with Gasteiger partial charge in [-0.2, -0.15) is 0 Å². The van der Waals surface area contributed by atoms with Crippen LogP contribution in [-0.2, 0) is 19.1 Å². The summed E-state index contributed by atoms with van der Waals surface area (Å²) in [4.78, 5) is 23.8. The summed E-state index contributed by atoms with van der Waals surface area (Å²) in [6.45, 7) is 4.10. The highest BCUT2D eigenvalue weighted by molar-refractivity contribution is 5.69. The number of aliphatic hydroxyl groups is 2. The van der Waals surface area contributed by atoms with Gasteiger partial charge in [0.2, 0.25) is 0 Å². The van der Waals surface area contributed by atoms with Gasteiger partial charge < -0.3 is 19.7 Å². The minimum Gasteiger partial charge on any atom is -0.463 e. The van der Waals surface area contributed by atoms with Crippen molar-refractivity contribution in [3.63, 3.8) is 0 Å². The van der Waals surface area contributed by atoms with E-state index in [1.807, 2.05) is 18.2 Å². The smallest absolute Gasteiger partial charge is 0.305 e. The van der Waals surface area contributed by atoms with Crippen molar-refractivity contribution in [3.8, 4) is 0 Å². The molecule has 0 aliphatic heterocycles. The lowest BCUT2D eigenvalue weighted by Crippen LogP contribution is -2.25. The Balaban J connectivity index is 3.63. The molecule has 0 saturated heterocycles. The first kappa shape index (κ1) is 40.8. The van der Waals surface area contributed by atoms with Gasteiger partial charge in [0.05, 0.1) is 6.10 Å². The molecule has 0 aliphatic rings. The van der Waals surface area contributed by atoms with E-state index in [9.17, 15) is 19.8 Å². The quantitative estimate of drug-likeness (QED) is 0.0367. The molecule has 0 aromatic heterocycles. The van der Waals surface area contributed by atoms with Crippen LogP contribution in [0.4, 0.5) is 0 Å². The van der Waals surface area contributed by atoms with E-state index in [0.717, 1.165) is 57.8 Å². The molecule has 6 nitrogen and oxygen atoms in total. The Morgan fingerprint density at radius 1 is 0.581 bits per heavy atom. The number of hydrogen-bond donors (Lipinski definition) is 2. The molecule has 2 N–H and O–H groups in total. The summed E-state index contributed by atoms with van der Waals surface area (Å²) in [6, 6.07) is 0. The van der Waals surface area contributed by atoms with E-state index < -0.39 is 6.10 Å². The van der Waals surface area contributed by atoms with Crippen LogP contribution >= 0.6 is 0 Å². The van der Waals surface area contributed by atoms with Gasteiger partial charge >= 0.3 is 11.9 Å². The Bertz CT molecular complexity index is 754. The highest BCUT2D eigenvalue weighted by atomic mass is 16.6. The van der Waals surface area contributed by atoms with Crippen molar-refractivity contribution in [2.45, 2.75) is 161 Å². The predicted molar refractivity (Wildman–Crippen MR) is 179 cm³/mol. The van der Waals surface area contributed by atoms with Gasteiger partial charge in [-0.05, 0) is 38.5 Å². The Hall–Kier alpha value is -2.18. The minimum atomic E-state index is -0.995. The van der Waals surface area contributed by atoms with Crippen molar-refractivity contribution in [1.29, 1.82) is 0 Å². The third-order valence-electron chi connectivity index (χ3n) is 7.17. The van der Waals surface area contributed by atoms with Crippen LogP contribution in [-0.4, -0.2) is 47.6 Å². The topological polar surface area (TPSA) is 93.1 Å². The van der Waals surface area contributed by atoms with Gasteiger partial charge in [0.1, 0.15) is 19.3 Å². The number of carbonyl (C=O) groups is 2. The van der Waals surface area contributed by atoms with E-state index in [1.54, 1.807) is 0 Å². The van der Waals surface area contributed by atoms with Crippen LogP contribution in [0.25, 0.3) is 0 Å². The van der Waals surface area contributed by atoms with Crippen molar-refractivity contribution >= 4 is 11.9 Å². The second-order valence-electron chi connectivity index (χ2n) is 11.5. The molecule has 0 rings (SSSR count). The molecular formula is C37H64O6. The first-order chi connectivity index (χ1) is 21.0. The first-order valence-corrected chi connectivity index (χ1v) is 17.3. The van der Waals surface area contributed by atoms with Crippen molar-refractivity contribution in [3.05, 3.63) is 48.6 Å². The minimum absolute atomic E-state index is 0.144. The number of hydrogen-bond acceptors (Lipinski definition) is 6. The maximum atomic E-state index is 11.9. The van der Waals surface area contributed by atoms with E-state index in [4.69, 9.17) is 9.47 Å². The molecule has 43 heavy (non-hydrogen) atoms. The number of unbranched alkanes of at least 4 members (excludes halogenated alkanes) is 13. The third-order valence-corrected chi connectivity index (χ3v) is 7.17. The molecule has 0 aromatic rings. The lowest BCUT2D eigenvalue weighted by atomic mass is 10.1. The summed E-state index contributed by atoms with van der Waals surface area (Å²) in [6.07, 6.45) is 36.3. The number of rotatable bonds is 30. The normalized spacial score (nSPS) is 13.5. The van der Waals surface area contributed by atoms with Gasteiger partial charge in [0.15, 0.2) is 0 Å². The average molecular weight is 605 g/mol. The number of carbonyl (C=O) groups excluding carboxylic acids is 2. The van der Waals surface area contributed by atoms with Crippen molar-refractivity contribution in [2.24, 2.45) is 0 Å². The standard InChI is InChI=1S/C37H64O6/c1-3-5-7-8-9-10-12-16-19-22-26-30-36(40)42-32-35(39)33-43-37(41)31-27-23-20-17-14-11-13-15-18-21-25-29-34(38)28-24-6-4-2/h11,13,17-18,20-21,25,29,34-35,38-39H,3-10,12,14-16,19,22-24,26-28,30-33H2,1-2H3/b13-11-,20-17-,21-18-,29-25+/t34-,35+/m1/s1. The van der Waals surface area contributed by atoms with Crippen LogP contribution in [0, 0.1) is 0 Å². The highest BCUT2D eigenvalue weighted by Crippen LogP contribution is 2.12. The van der Waals surface area contributed by atoms with Gasteiger partial charge in [-0.15, -0.1) is 0 Å². The van der Waals surface area contributed by atoms with Crippen molar-refractivity contribution < 1.29 is 29.3 Å². The second kappa shape index (κ2) is 32.7. The lowest BCUT2D eigenvalue weighted by Gasteiger charge is -2.12. The van der Waals surface area contributed by atoms with Crippen LogP contribution in [0.3, 0.4) is 0 Å². The Morgan fingerprint density at radius 2 is 1.07 bits per heavy atom. The molecule has 0 radical (unpaired) electrons. The third kappa shape index (κ3) is 32.6. The van der Waals surface area contributed by atoms with Crippen molar-refractivity contribution in [2.75, 3.05) is 13.2 Å². The van der Waals surface area contributed by atoms with Gasteiger partial charge in [-0.3, -0.25) is 9.59 Å². The average Bonchev–Trinajstić information content (AvgIpc) is 3.00. The zero-order chi connectivity index (χ0) is 31.6. The summed E-state index contributed by atoms with van der Waals surface area (Å²) in [5.41, 5.74) is 0. The molecule has 0 saturated carbocycles. The predicted octanol–water partition coefficient (Wildman–Crippen LogP) is 9.25. The van der Waals surface area contributed by atoms with Crippen LogP contribution in [0.5, 0.6) is 0 Å². The Morgan fingerprint density at radius 3 is 1.67 bits per heavy atom. The fourth-order valence-electron chi connectivity index (χ4n) is 4.48. The summed E-state index contributed by atoms with van der Waals surface area (Å²) in [7, 11) is 0. The van der Waals surface area contributed by atoms with Crippen LogP contribution in [0.2, 0.25) is 0 Å². The Labute approximate surface area is 263 Å². The molecule has 2 atom stereocenters.